The van der Waals surface area contributed by atoms with E-state index in [2.05, 4.69) is 48.8 Å². The van der Waals surface area contributed by atoms with Gasteiger partial charge < -0.3 is 10.1 Å². The van der Waals surface area contributed by atoms with Crippen LogP contribution in [0.4, 0.5) is 0 Å². The van der Waals surface area contributed by atoms with Crippen molar-refractivity contribution in [1.29, 1.82) is 0 Å². The van der Waals surface area contributed by atoms with Gasteiger partial charge >= 0.3 is 0 Å². The van der Waals surface area contributed by atoms with Crippen LogP contribution in [0.1, 0.15) is 29.8 Å². The predicted molar refractivity (Wildman–Crippen MR) is 91.7 cm³/mol. The van der Waals surface area contributed by atoms with Gasteiger partial charge in [0.1, 0.15) is 11.9 Å². The molecule has 2 aromatic rings. The van der Waals surface area contributed by atoms with Gasteiger partial charge in [-0.2, -0.15) is 0 Å². The van der Waals surface area contributed by atoms with Crippen molar-refractivity contribution in [2.45, 2.75) is 37.3 Å². The van der Waals surface area contributed by atoms with Crippen LogP contribution in [-0.2, 0) is 0 Å². The van der Waals surface area contributed by atoms with E-state index in [1.54, 1.807) is 0 Å². The smallest absolute Gasteiger partial charge is 0.133 e. The van der Waals surface area contributed by atoms with E-state index in [1.807, 2.05) is 29.2 Å². The van der Waals surface area contributed by atoms with Gasteiger partial charge in [0.25, 0.3) is 0 Å². The Morgan fingerprint density at radius 3 is 2.95 bits per heavy atom. The molecule has 0 amide bonds. The molecule has 1 aromatic heterocycles. The highest BCUT2D eigenvalue weighted by atomic mass is 32.2. The van der Waals surface area contributed by atoms with Gasteiger partial charge in [-0.15, -0.1) is 23.1 Å². The van der Waals surface area contributed by atoms with E-state index >= 15 is 0 Å². The molecule has 2 atom stereocenters. The molecule has 4 heteroatoms. The summed E-state index contributed by atoms with van der Waals surface area (Å²) in [4.78, 5) is 2.64. The van der Waals surface area contributed by atoms with Gasteiger partial charge in [-0.1, -0.05) is 19.1 Å². The topological polar surface area (TPSA) is 21.3 Å². The number of fused-ring (bicyclic) bond motifs is 1. The van der Waals surface area contributed by atoms with E-state index in [4.69, 9.17) is 4.74 Å². The van der Waals surface area contributed by atoms with Gasteiger partial charge in [0.05, 0.1) is 6.04 Å². The van der Waals surface area contributed by atoms with Crippen LogP contribution >= 0.6 is 23.1 Å². The van der Waals surface area contributed by atoms with Crippen LogP contribution in [0.3, 0.4) is 0 Å². The Hall–Kier alpha value is -0.970. The second kappa shape index (κ2) is 6.86. The van der Waals surface area contributed by atoms with Gasteiger partial charge in [0.2, 0.25) is 0 Å². The Bertz CT molecular complexity index is 596. The third-order valence-corrected chi connectivity index (χ3v) is 5.76. The van der Waals surface area contributed by atoms with Gasteiger partial charge in [0.15, 0.2) is 0 Å². The van der Waals surface area contributed by atoms with E-state index < -0.39 is 0 Å². The molecule has 2 unspecified atom stereocenters. The first kappa shape index (κ1) is 14.9. The first-order valence-corrected chi connectivity index (χ1v) is 9.32. The fourth-order valence-electron chi connectivity index (χ4n) is 2.66. The zero-order chi connectivity index (χ0) is 14.7. The van der Waals surface area contributed by atoms with E-state index in [1.165, 1.54) is 15.3 Å². The molecule has 0 aliphatic carbocycles. The lowest BCUT2D eigenvalue weighted by Gasteiger charge is -2.32. The number of thiophene rings is 1. The van der Waals surface area contributed by atoms with Crippen molar-refractivity contribution in [2.75, 3.05) is 12.3 Å². The van der Waals surface area contributed by atoms with E-state index in [-0.39, 0.29) is 12.1 Å². The highest BCUT2D eigenvalue weighted by Crippen LogP contribution is 2.39. The molecule has 1 aromatic carbocycles. The SMILES string of the molecule is CCCNC(c1ccsc1C)C1CSc2ccccc2O1. The first-order valence-electron chi connectivity index (χ1n) is 7.45. The molecule has 1 aliphatic heterocycles. The monoisotopic (exact) mass is 319 g/mol. The molecule has 21 heavy (non-hydrogen) atoms. The Labute approximate surface area is 134 Å². The molecule has 0 fully saturated rings. The van der Waals surface area contributed by atoms with Crippen molar-refractivity contribution in [3.05, 3.63) is 46.2 Å². The maximum Gasteiger partial charge on any atom is 0.133 e. The summed E-state index contributed by atoms with van der Waals surface area (Å²) in [6, 6.07) is 10.9. The number of hydrogen-bond donors (Lipinski definition) is 1. The van der Waals surface area contributed by atoms with Crippen LogP contribution in [0, 0.1) is 6.92 Å². The molecule has 0 radical (unpaired) electrons. The van der Waals surface area contributed by atoms with Gasteiger partial charge in [-0.3, -0.25) is 0 Å². The number of para-hydroxylation sites is 1. The van der Waals surface area contributed by atoms with Gasteiger partial charge in [-0.05, 0) is 49.0 Å². The van der Waals surface area contributed by atoms with Crippen LogP contribution in [0.2, 0.25) is 0 Å². The molecule has 0 saturated heterocycles. The molecule has 1 N–H and O–H groups in total. The third kappa shape index (κ3) is 3.28. The summed E-state index contributed by atoms with van der Waals surface area (Å²) < 4.78 is 6.29. The van der Waals surface area contributed by atoms with Crippen molar-refractivity contribution in [3.8, 4) is 5.75 Å². The molecule has 1 aliphatic rings. The molecule has 0 spiro atoms. The Balaban J connectivity index is 1.83. The number of ether oxygens (including phenoxy) is 1. The molecular weight excluding hydrogens is 298 g/mol. The van der Waals surface area contributed by atoms with Gasteiger partial charge in [0, 0.05) is 15.5 Å². The van der Waals surface area contributed by atoms with Gasteiger partial charge in [-0.25, -0.2) is 0 Å². The summed E-state index contributed by atoms with van der Waals surface area (Å²) in [5.41, 5.74) is 1.39. The molecule has 112 valence electrons. The first-order chi connectivity index (χ1) is 10.3. The largest absolute Gasteiger partial charge is 0.486 e. The Morgan fingerprint density at radius 1 is 1.33 bits per heavy atom. The number of benzene rings is 1. The molecule has 0 saturated carbocycles. The fraction of sp³-hybridized carbons (Fsp3) is 0.412. The summed E-state index contributed by atoms with van der Waals surface area (Å²) in [5, 5.41) is 5.86. The van der Waals surface area contributed by atoms with Crippen LogP contribution in [0.15, 0.2) is 40.6 Å². The van der Waals surface area contributed by atoms with Crippen molar-refractivity contribution < 1.29 is 4.74 Å². The maximum atomic E-state index is 6.29. The second-order valence-corrected chi connectivity index (χ2v) is 7.46. The number of thioether (sulfide) groups is 1. The minimum Gasteiger partial charge on any atom is -0.486 e. The summed E-state index contributed by atoms with van der Waals surface area (Å²) in [6.07, 6.45) is 1.32. The maximum absolute atomic E-state index is 6.29. The molecule has 3 rings (SSSR count). The summed E-state index contributed by atoms with van der Waals surface area (Å²) in [5.74, 6) is 2.02. The average molecular weight is 319 g/mol. The summed E-state index contributed by atoms with van der Waals surface area (Å²) >= 11 is 3.71. The number of nitrogens with one attached hydrogen (secondary N) is 1. The molecular formula is C17H21NOS2. The second-order valence-electron chi connectivity index (χ2n) is 5.28. The lowest BCUT2D eigenvalue weighted by Crippen LogP contribution is -2.39. The average Bonchev–Trinajstić information content (AvgIpc) is 2.94. The predicted octanol–water partition coefficient (Wildman–Crippen LogP) is 4.65. The minimum atomic E-state index is 0.185. The highest BCUT2D eigenvalue weighted by Gasteiger charge is 2.30. The zero-order valence-electron chi connectivity index (χ0n) is 12.5. The van der Waals surface area contributed by atoms with Crippen LogP contribution in [-0.4, -0.2) is 18.4 Å². The van der Waals surface area contributed by atoms with Crippen molar-refractivity contribution >= 4 is 23.1 Å². The Kier molecular flexibility index (Phi) is 4.88. The fourth-order valence-corrected chi connectivity index (χ4v) is 4.45. The van der Waals surface area contributed by atoms with E-state index in [0.717, 1.165) is 24.5 Å². The standard InChI is InChI=1S/C17H21NOS2/c1-3-9-18-17(13-8-10-20-12(13)2)15-11-21-16-7-5-4-6-14(16)19-15/h4-8,10,15,17-18H,3,9,11H2,1-2H3. The summed E-state index contributed by atoms with van der Waals surface area (Å²) in [6.45, 7) is 5.42. The Morgan fingerprint density at radius 2 is 2.19 bits per heavy atom. The number of hydrogen-bond acceptors (Lipinski definition) is 4. The van der Waals surface area contributed by atoms with Crippen molar-refractivity contribution in [3.63, 3.8) is 0 Å². The van der Waals surface area contributed by atoms with Crippen LogP contribution in [0.25, 0.3) is 0 Å². The lowest BCUT2D eigenvalue weighted by molar-refractivity contribution is 0.166. The summed E-state index contributed by atoms with van der Waals surface area (Å²) in [7, 11) is 0. The van der Waals surface area contributed by atoms with E-state index in [0.29, 0.717) is 0 Å². The van der Waals surface area contributed by atoms with Crippen molar-refractivity contribution in [1.82, 2.24) is 5.32 Å². The minimum absolute atomic E-state index is 0.185. The third-order valence-electron chi connectivity index (χ3n) is 3.75. The molecule has 0 bridgehead atoms. The zero-order valence-corrected chi connectivity index (χ0v) is 14.1. The molecule has 2 nitrogen and oxygen atoms in total. The highest BCUT2D eigenvalue weighted by molar-refractivity contribution is 7.99. The van der Waals surface area contributed by atoms with Crippen LogP contribution in [0.5, 0.6) is 5.75 Å². The van der Waals surface area contributed by atoms with Crippen LogP contribution < -0.4 is 10.1 Å². The molecule has 2 heterocycles. The van der Waals surface area contributed by atoms with Crippen molar-refractivity contribution in [2.24, 2.45) is 0 Å². The number of rotatable bonds is 5. The number of aryl methyl sites for hydroxylation is 1. The lowest BCUT2D eigenvalue weighted by atomic mass is 10.0. The quantitative estimate of drug-likeness (QED) is 0.866. The van der Waals surface area contributed by atoms with E-state index in [9.17, 15) is 0 Å². The normalized spacial score (nSPS) is 18.9.